The average molecular weight is 161 g/mol. The van der Waals surface area contributed by atoms with Crippen LogP contribution in [0.4, 0.5) is 0 Å². The third-order valence-corrected chi connectivity index (χ3v) is 0. The number of hydrogen-bond donors (Lipinski definition) is 0. The Kier molecular flexibility index (Phi) is 24.3. The van der Waals surface area contributed by atoms with Crippen LogP contribution in [0, 0.1) is 0 Å². The fourth-order valence-corrected chi connectivity index (χ4v) is 0. The second-order valence-corrected chi connectivity index (χ2v) is 1.22. The third kappa shape index (κ3) is 130. The van der Waals surface area contributed by atoms with E-state index >= 15 is 0 Å². The van der Waals surface area contributed by atoms with Crippen LogP contribution in [0.15, 0.2) is 0 Å². The normalized spacial score (nSPS) is 7.25. The SMILES string of the molecule is O=S(=O)([O-])[O-].[H+].[Mg+2].[Na+].[OH-]. The van der Waals surface area contributed by atoms with Crippen molar-refractivity contribution in [3.8, 4) is 0 Å². The standard InChI is InChI=1S/Mg.Na.H2O4S.H2O/c;;1-5(2,3)4;/h;;(H2,1,2,3,4);1H2/q+2;+1;;/p-2. The molecule has 0 aliphatic rings. The van der Waals surface area contributed by atoms with Crippen LogP contribution < -0.4 is 29.6 Å². The van der Waals surface area contributed by atoms with Crippen LogP contribution in [0.1, 0.15) is 1.43 Å². The second kappa shape index (κ2) is 8.60. The maximum absolute atomic E-state index is 8.52. The molecule has 5 nitrogen and oxygen atoms in total. The monoisotopic (exact) mass is 161 g/mol. The molecule has 0 rings (SSSR count). The molecule has 0 aromatic rings. The summed E-state index contributed by atoms with van der Waals surface area (Å²) >= 11 is 0. The molecule has 0 aromatic carbocycles. The predicted octanol–water partition coefficient (Wildman–Crippen LogP) is -4.78. The van der Waals surface area contributed by atoms with E-state index in [-0.39, 0.29) is 59.5 Å². The van der Waals surface area contributed by atoms with Crippen molar-refractivity contribution in [2.24, 2.45) is 0 Å². The van der Waals surface area contributed by atoms with Gasteiger partial charge in [-0.05, 0) is 0 Å². The first-order chi connectivity index (χ1) is 2.00. The third-order valence-electron chi connectivity index (χ3n) is 0. The molecule has 0 aromatic heterocycles. The summed E-state index contributed by atoms with van der Waals surface area (Å²) in [5.74, 6) is 0. The van der Waals surface area contributed by atoms with Gasteiger partial charge >= 0.3 is 54.0 Å². The molecule has 0 atom stereocenters. The summed E-state index contributed by atoms with van der Waals surface area (Å²) in [6.45, 7) is 0. The van der Waals surface area contributed by atoms with Crippen LogP contribution in [-0.4, -0.2) is 46.1 Å². The number of hydrogen-bond acceptors (Lipinski definition) is 5. The molecule has 0 heterocycles. The summed E-state index contributed by atoms with van der Waals surface area (Å²) in [5, 5.41) is 0. The Hall–Kier alpha value is 1.60. The molecule has 0 radical (unpaired) electrons. The van der Waals surface area contributed by atoms with Crippen LogP contribution in [-0.2, 0) is 10.4 Å². The maximum Gasteiger partial charge on any atom is 2.00 e. The first-order valence-corrected chi connectivity index (χ1v) is 2.00. The molecule has 0 spiro atoms. The van der Waals surface area contributed by atoms with Gasteiger partial charge in [-0.25, -0.2) is 0 Å². The molecule has 0 aliphatic heterocycles. The molecule has 1 N–H and O–H groups in total. The first kappa shape index (κ1) is 22.6. The van der Waals surface area contributed by atoms with Gasteiger partial charge in [0.1, 0.15) is 0 Å². The quantitative estimate of drug-likeness (QED) is 0.201. The fraction of sp³-hybridized carbons (Fsp3) is 0. The van der Waals surface area contributed by atoms with Crippen molar-refractivity contribution in [2.45, 2.75) is 0 Å². The van der Waals surface area contributed by atoms with Gasteiger partial charge in [0.15, 0.2) is 0 Å². The molecule has 0 saturated heterocycles. The van der Waals surface area contributed by atoms with E-state index in [1.54, 1.807) is 0 Å². The zero-order valence-electron chi connectivity index (χ0n) is 5.20. The van der Waals surface area contributed by atoms with Crippen molar-refractivity contribution in [2.75, 3.05) is 0 Å². The van der Waals surface area contributed by atoms with Crippen molar-refractivity contribution >= 4 is 33.5 Å². The topological polar surface area (TPSA) is 110 Å². The van der Waals surface area contributed by atoms with E-state index < -0.39 is 10.4 Å². The molecule has 0 unspecified atom stereocenters. The minimum atomic E-state index is -5.17. The van der Waals surface area contributed by atoms with E-state index in [0.29, 0.717) is 0 Å². The Morgan fingerprint density at radius 1 is 1.25 bits per heavy atom. The van der Waals surface area contributed by atoms with Gasteiger partial charge in [-0.3, -0.25) is 8.42 Å². The van der Waals surface area contributed by atoms with Crippen molar-refractivity contribution in [1.29, 1.82) is 0 Å². The Morgan fingerprint density at radius 2 is 1.25 bits per heavy atom. The number of rotatable bonds is 0. The largest absolute Gasteiger partial charge is 2.00 e. The fourth-order valence-electron chi connectivity index (χ4n) is 0. The molecular formula is H2MgNaO5S+. The van der Waals surface area contributed by atoms with E-state index in [1.165, 1.54) is 0 Å². The first-order valence-electron chi connectivity index (χ1n) is 0.667. The van der Waals surface area contributed by atoms with E-state index in [0.717, 1.165) is 0 Å². The van der Waals surface area contributed by atoms with Gasteiger partial charge < -0.3 is 14.6 Å². The summed E-state index contributed by atoms with van der Waals surface area (Å²) < 4.78 is 34.1. The van der Waals surface area contributed by atoms with Crippen LogP contribution in [0.5, 0.6) is 0 Å². The summed E-state index contributed by atoms with van der Waals surface area (Å²) in [6.07, 6.45) is 0. The van der Waals surface area contributed by atoms with Crippen molar-refractivity contribution < 1.29 is 54.0 Å². The zero-order chi connectivity index (χ0) is 4.50. The Balaban J connectivity index is -0.0000000133. The van der Waals surface area contributed by atoms with Gasteiger partial charge in [-0.15, -0.1) is 0 Å². The summed E-state index contributed by atoms with van der Waals surface area (Å²) in [6, 6.07) is 0. The Morgan fingerprint density at radius 3 is 1.25 bits per heavy atom. The van der Waals surface area contributed by atoms with E-state index in [2.05, 4.69) is 0 Å². The van der Waals surface area contributed by atoms with Gasteiger partial charge in [0.25, 0.3) is 0 Å². The smallest absolute Gasteiger partial charge is 0.870 e. The molecule has 8 heavy (non-hydrogen) atoms. The minimum Gasteiger partial charge on any atom is -0.870 e. The van der Waals surface area contributed by atoms with Crippen LogP contribution in [0.2, 0.25) is 0 Å². The van der Waals surface area contributed by atoms with Crippen molar-refractivity contribution in [1.82, 2.24) is 0 Å². The molecule has 0 amide bonds. The summed E-state index contributed by atoms with van der Waals surface area (Å²) in [7, 11) is -5.17. The van der Waals surface area contributed by atoms with Crippen LogP contribution in [0.25, 0.3) is 0 Å². The van der Waals surface area contributed by atoms with E-state index in [1.807, 2.05) is 0 Å². The Bertz CT molecular complexity index is 100. The molecule has 0 fully saturated rings. The molecule has 0 aliphatic carbocycles. The van der Waals surface area contributed by atoms with Gasteiger partial charge in [0, 0.05) is 10.4 Å². The van der Waals surface area contributed by atoms with Gasteiger partial charge in [0.2, 0.25) is 0 Å². The molecular weight excluding hydrogens is 159 g/mol. The zero-order valence-corrected chi connectivity index (χ0v) is 8.43. The Labute approximate surface area is 86.7 Å². The van der Waals surface area contributed by atoms with Gasteiger partial charge in [-0.2, -0.15) is 0 Å². The van der Waals surface area contributed by atoms with Gasteiger partial charge in [0.05, 0.1) is 0 Å². The van der Waals surface area contributed by atoms with Crippen molar-refractivity contribution in [3.05, 3.63) is 0 Å². The van der Waals surface area contributed by atoms with Crippen LogP contribution in [0.3, 0.4) is 0 Å². The summed E-state index contributed by atoms with van der Waals surface area (Å²) in [5.41, 5.74) is 0. The van der Waals surface area contributed by atoms with E-state index in [9.17, 15) is 0 Å². The molecule has 0 bridgehead atoms. The van der Waals surface area contributed by atoms with Gasteiger partial charge in [-0.1, -0.05) is 0 Å². The molecule has 40 valence electrons. The molecule has 8 heteroatoms. The molecule has 0 saturated carbocycles. The van der Waals surface area contributed by atoms with Crippen LogP contribution >= 0.6 is 0 Å². The van der Waals surface area contributed by atoms with E-state index in [4.69, 9.17) is 17.5 Å². The van der Waals surface area contributed by atoms with Crippen molar-refractivity contribution in [3.63, 3.8) is 0 Å². The summed E-state index contributed by atoms with van der Waals surface area (Å²) in [4.78, 5) is 0. The maximum atomic E-state index is 8.52. The second-order valence-electron chi connectivity index (χ2n) is 0.408. The average Bonchev–Trinajstić information content (AvgIpc) is 0.722. The predicted molar refractivity (Wildman–Crippen MR) is 19.3 cm³/mol. The minimum absolute atomic E-state index is 0.